The number of hydrogen-bond acceptors (Lipinski definition) is 2. The molecule has 1 saturated heterocycles. The van der Waals surface area contributed by atoms with E-state index >= 15 is 0 Å². The van der Waals surface area contributed by atoms with E-state index in [9.17, 15) is 4.79 Å². The molecule has 1 aliphatic heterocycles. The van der Waals surface area contributed by atoms with E-state index in [1.54, 1.807) is 18.2 Å². The quantitative estimate of drug-likeness (QED) is 0.836. The smallest absolute Gasteiger partial charge is 0.256 e. The second-order valence-corrected chi connectivity index (χ2v) is 5.34. The molecule has 0 aliphatic carbocycles. The Bertz CT molecular complexity index is 447. The predicted octanol–water partition coefficient (Wildman–Crippen LogP) is 3.18. The predicted molar refractivity (Wildman–Crippen MR) is 74.8 cm³/mol. The van der Waals surface area contributed by atoms with Gasteiger partial charge in [-0.15, -0.1) is 0 Å². The molecule has 0 aromatic heterocycles. The first-order chi connectivity index (χ1) is 8.61. The SMILES string of the molecule is CCC1CCCN(C(=O)c2cc(Cl)ccc2N)C1. The molecule has 0 bridgehead atoms. The maximum Gasteiger partial charge on any atom is 0.256 e. The van der Waals surface area contributed by atoms with Gasteiger partial charge in [0.05, 0.1) is 5.56 Å². The summed E-state index contributed by atoms with van der Waals surface area (Å²) in [5.74, 6) is 0.622. The van der Waals surface area contributed by atoms with E-state index in [-0.39, 0.29) is 5.91 Å². The van der Waals surface area contributed by atoms with Crippen LogP contribution < -0.4 is 5.73 Å². The molecule has 1 aliphatic rings. The fraction of sp³-hybridized carbons (Fsp3) is 0.500. The van der Waals surface area contributed by atoms with Crippen LogP contribution in [0.4, 0.5) is 5.69 Å². The lowest BCUT2D eigenvalue weighted by atomic mass is 9.95. The fourth-order valence-electron chi connectivity index (χ4n) is 2.47. The zero-order valence-electron chi connectivity index (χ0n) is 10.7. The molecule has 1 atom stereocenters. The molecule has 4 heteroatoms. The minimum Gasteiger partial charge on any atom is -0.398 e. The maximum atomic E-state index is 12.4. The lowest BCUT2D eigenvalue weighted by Crippen LogP contribution is -2.40. The van der Waals surface area contributed by atoms with Gasteiger partial charge in [-0.1, -0.05) is 24.9 Å². The molecule has 98 valence electrons. The molecule has 0 spiro atoms. The van der Waals surface area contributed by atoms with Crippen LogP contribution in [0.15, 0.2) is 18.2 Å². The van der Waals surface area contributed by atoms with Gasteiger partial charge in [0.1, 0.15) is 0 Å². The first-order valence-corrected chi connectivity index (χ1v) is 6.84. The van der Waals surface area contributed by atoms with Crippen LogP contribution in [0.5, 0.6) is 0 Å². The third-order valence-corrected chi connectivity index (χ3v) is 3.86. The van der Waals surface area contributed by atoms with Crippen LogP contribution in [0.3, 0.4) is 0 Å². The second kappa shape index (κ2) is 5.61. The number of nitrogen functional groups attached to an aromatic ring is 1. The first kappa shape index (κ1) is 13.2. The van der Waals surface area contributed by atoms with Gasteiger partial charge in [-0.25, -0.2) is 0 Å². The summed E-state index contributed by atoms with van der Waals surface area (Å²) in [5.41, 5.74) is 6.89. The monoisotopic (exact) mass is 266 g/mol. The highest BCUT2D eigenvalue weighted by Crippen LogP contribution is 2.24. The molecule has 1 unspecified atom stereocenters. The number of amides is 1. The number of nitrogens with zero attached hydrogens (tertiary/aromatic N) is 1. The minimum atomic E-state index is 0.00755. The molecule has 2 N–H and O–H groups in total. The zero-order valence-corrected chi connectivity index (χ0v) is 11.4. The number of carbonyl (C=O) groups is 1. The number of nitrogens with two attached hydrogens (primary N) is 1. The van der Waals surface area contributed by atoms with Crippen molar-refractivity contribution in [3.63, 3.8) is 0 Å². The number of likely N-dealkylation sites (tertiary alicyclic amines) is 1. The van der Waals surface area contributed by atoms with Crippen molar-refractivity contribution in [2.45, 2.75) is 26.2 Å². The summed E-state index contributed by atoms with van der Waals surface area (Å²) in [4.78, 5) is 14.3. The normalized spacial score (nSPS) is 19.9. The molecule has 1 fully saturated rings. The van der Waals surface area contributed by atoms with E-state index in [0.29, 0.717) is 22.2 Å². The van der Waals surface area contributed by atoms with Crippen LogP contribution in [0.2, 0.25) is 5.02 Å². The first-order valence-electron chi connectivity index (χ1n) is 6.46. The number of hydrogen-bond donors (Lipinski definition) is 1. The van der Waals surface area contributed by atoms with E-state index in [1.165, 1.54) is 6.42 Å². The topological polar surface area (TPSA) is 46.3 Å². The summed E-state index contributed by atoms with van der Waals surface area (Å²) in [6.07, 6.45) is 3.41. The van der Waals surface area contributed by atoms with E-state index in [0.717, 1.165) is 25.9 Å². The van der Waals surface area contributed by atoms with Crippen LogP contribution >= 0.6 is 11.6 Å². The minimum absolute atomic E-state index is 0.00755. The van der Waals surface area contributed by atoms with Crippen molar-refractivity contribution in [2.24, 2.45) is 5.92 Å². The van der Waals surface area contributed by atoms with Gasteiger partial charge in [0.25, 0.3) is 5.91 Å². The Hall–Kier alpha value is -1.22. The van der Waals surface area contributed by atoms with Gasteiger partial charge in [-0.05, 0) is 37.0 Å². The molecular weight excluding hydrogens is 248 g/mol. The van der Waals surface area contributed by atoms with Crippen molar-refractivity contribution >= 4 is 23.2 Å². The number of rotatable bonds is 2. The summed E-state index contributed by atoms with van der Waals surface area (Å²) in [6.45, 7) is 3.83. The van der Waals surface area contributed by atoms with Crippen molar-refractivity contribution in [3.05, 3.63) is 28.8 Å². The Morgan fingerprint density at radius 2 is 2.33 bits per heavy atom. The molecule has 1 aromatic rings. The van der Waals surface area contributed by atoms with E-state index in [4.69, 9.17) is 17.3 Å². The van der Waals surface area contributed by atoms with Crippen LogP contribution in [0, 0.1) is 5.92 Å². The average Bonchev–Trinajstić information content (AvgIpc) is 2.41. The van der Waals surface area contributed by atoms with Crippen molar-refractivity contribution in [3.8, 4) is 0 Å². The van der Waals surface area contributed by atoms with Gasteiger partial charge in [-0.2, -0.15) is 0 Å². The number of benzene rings is 1. The largest absolute Gasteiger partial charge is 0.398 e. The van der Waals surface area contributed by atoms with Crippen molar-refractivity contribution in [2.75, 3.05) is 18.8 Å². The van der Waals surface area contributed by atoms with Crippen LogP contribution in [0.25, 0.3) is 0 Å². The summed E-state index contributed by atoms with van der Waals surface area (Å²) >= 11 is 5.93. The van der Waals surface area contributed by atoms with Crippen molar-refractivity contribution < 1.29 is 4.79 Å². The Morgan fingerprint density at radius 1 is 1.56 bits per heavy atom. The van der Waals surface area contributed by atoms with E-state index in [1.807, 2.05) is 4.90 Å². The maximum absolute atomic E-state index is 12.4. The molecule has 1 aromatic carbocycles. The summed E-state index contributed by atoms with van der Waals surface area (Å²) in [6, 6.07) is 5.06. The highest BCUT2D eigenvalue weighted by atomic mass is 35.5. The van der Waals surface area contributed by atoms with Crippen molar-refractivity contribution in [1.29, 1.82) is 0 Å². The van der Waals surface area contributed by atoms with Gasteiger partial charge in [0.2, 0.25) is 0 Å². The number of halogens is 1. The Kier molecular flexibility index (Phi) is 4.12. The molecule has 18 heavy (non-hydrogen) atoms. The second-order valence-electron chi connectivity index (χ2n) is 4.90. The Labute approximate surface area is 113 Å². The molecule has 0 radical (unpaired) electrons. The highest BCUT2D eigenvalue weighted by molar-refractivity contribution is 6.31. The van der Waals surface area contributed by atoms with Gasteiger partial charge >= 0.3 is 0 Å². The number of anilines is 1. The van der Waals surface area contributed by atoms with Gasteiger partial charge in [-0.3, -0.25) is 4.79 Å². The number of carbonyl (C=O) groups excluding carboxylic acids is 1. The molecule has 1 heterocycles. The van der Waals surface area contributed by atoms with Gasteiger partial charge in [0, 0.05) is 23.8 Å². The molecular formula is C14H19ClN2O. The highest BCUT2D eigenvalue weighted by Gasteiger charge is 2.24. The van der Waals surface area contributed by atoms with E-state index < -0.39 is 0 Å². The third kappa shape index (κ3) is 2.78. The van der Waals surface area contributed by atoms with Crippen LogP contribution in [-0.4, -0.2) is 23.9 Å². The zero-order chi connectivity index (χ0) is 13.1. The fourth-order valence-corrected chi connectivity index (χ4v) is 2.64. The van der Waals surface area contributed by atoms with E-state index in [2.05, 4.69) is 6.92 Å². The van der Waals surface area contributed by atoms with Crippen LogP contribution in [0.1, 0.15) is 36.5 Å². The Morgan fingerprint density at radius 3 is 3.06 bits per heavy atom. The molecule has 1 amide bonds. The average molecular weight is 267 g/mol. The third-order valence-electron chi connectivity index (χ3n) is 3.63. The standard InChI is InChI=1S/C14H19ClN2O/c1-2-10-4-3-7-17(9-10)14(18)12-8-11(15)5-6-13(12)16/h5-6,8,10H,2-4,7,9,16H2,1H3. The molecule has 0 saturated carbocycles. The van der Waals surface area contributed by atoms with Gasteiger partial charge < -0.3 is 10.6 Å². The molecule has 3 nitrogen and oxygen atoms in total. The number of piperidine rings is 1. The lowest BCUT2D eigenvalue weighted by Gasteiger charge is -2.32. The Balaban J connectivity index is 2.17. The van der Waals surface area contributed by atoms with Crippen molar-refractivity contribution in [1.82, 2.24) is 4.90 Å². The van der Waals surface area contributed by atoms with Crippen LogP contribution in [-0.2, 0) is 0 Å². The molecule has 2 rings (SSSR count). The van der Waals surface area contributed by atoms with Gasteiger partial charge in [0.15, 0.2) is 0 Å². The summed E-state index contributed by atoms with van der Waals surface area (Å²) < 4.78 is 0. The lowest BCUT2D eigenvalue weighted by molar-refractivity contribution is 0.0672. The summed E-state index contributed by atoms with van der Waals surface area (Å²) in [5, 5.41) is 0.552. The summed E-state index contributed by atoms with van der Waals surface area (Å²) in [7, 11) is 0.